The molecule has 2 aliphatic rings. The molecule has 3 rings (SSSR count). The molecule has 0 spiro atoms. The molecule has 2 aliphatic heterocycles. The van der Waals surface area contributed by atoms with E-state index in [4.69, 9.17) is 0 Å². The molecular formula is C16H17KN2O4S. The van der Waals surface area contributed by atoms with Crippen molar-refractivity contribution in [1.29, 1.82) is 0 Å². The Morgan fingerprint density at radius 2 is 2.00 bits per heavy atom. The molecule has 0 bridgehead atoms. The summed E-state index contributed by atoms with van der Waals surface area (Å²) >= 11 is 1.39. The predicted molar refractivity (Wildman–Crippen MR) is 85.1 cm³/mol. The first-order valence-corrected chi connectivity index (χ1v) is 8.19. The largest absolute Gasteiger partial charge is 1.00 e. The number of carbonyl (C=O) groups excluding carboxylic acids is 1. The number of β-lactam (4-membered cyclic amide) rings is 1. The van der Waals surface area contributed by atoms with Crippen molar-refractivity contribution in [1.82, 2.24) is 4.90 Å². The van der Waals surface area contributed by atoms with E-state index in [2.05, 4.69) is 4.99 Å². The zero-order chi connectivity index (χ0) is 16.8. The van der Waals surface area contributed by atoms with Crippen LogP contribution in [0.3, 0.4) is 0 Å². The van der Waals surface area contributed by atoms with Gasteiger partial charge in [0.25, 0.3) is 5.91 Å². The van der Waals surface area contributed by atoms with Crippen LogP contribution in [0.4, 0.5) is 0 Å². The summed E-state index contributed by atoms with van der Waals surface area (Å²) in [4.78, 5) is 29.0. The second kappa shape index (κ2) is 7.47. The maximum Gasteiger partial charge on any atom is 1.00 e. The minimum atomic E-state index is -1.02. The average molecular weight is 374 g/mol. The average Bonchev–Trinajstić information content (AvgIpc) is 2.74. The Bertz CT molecular complexity index is 680. The van der Waals surface area contributed by atoms with Crippen LogP contribution in [0.1, 0.15) is 19.4 Å². The van der Waals surface area contributed by atoms with Crippen LogP contribution in [0.2, 0.25) is 0 Å². The number of aliphatic carboxylic acids is 1. The number of fused-ring (bicyclic) bond motifs is 1. The van der Waals surface area contributed by atoms with Gasteiger partial charge in [-0.25, -0.2) is 4.79 Å². The smallest absolute Gasteiger partial charge is 0.862 e. The second-order valence-corrected chi connectivity index (χ2v) is 8.00. The van der Waals surface area contributed by atoms with Gasteiger partial charge in [0, 0.05) is 11.2 Å². The predicted octanol–water partition coefficient (Wildman–Crippen LogP) is -2.49. The van der Waals surface area contributed by atoms with E-state index in [0.717, 1.165) is 5.56 Å². The molecule has 1 aromatic rings. The molecule has 1 N–H and O–H groups in total. The van der Waals surface area contributed by atoms with Crippen LogP contribution in [-0.4, -0.2) is 50.0 Å². The Kier molecular flexibility index (Phi) is 6.20. The number of hydrogen-bond acceptors (Lipinski definition) is 5. The molecule has 2 saturated heterocycles. The number of hydrogen-bond donors (Lipinski definition) is 1. The van der Waals surface area contributed by atoms with E-state index < -0.39 is 22.8 Å². The van der Waals surface area contributed by atoms with Crippen LogP contribution in [0.5, 0.6) is 0 Å². The van der Waals surface area contributed by atoms with Crippen molar-refractivity contribution in [2.75, 3.05) is 0 Å². The molecule has 3 atom stereocenters. The fourth-order valence-electron chi connectivity index (χ4n) is 3.08. The zero-order valence-corrected chi connectivity index (χ0v) is 17.7. The molecule has 6 nitrogen and oxygen atoms in total. The van der Waals surface area contributed by atoms with Crippen LogP contribution in [0.25, 0.3) is 0 Å². The van der Waals surface area contributed by atoms with Gasteiger partial charge in [-0.3, -0.25) is 9.79 Å². The Labute approximate surface area is 187 Å². The number of rotatable bonds is 4. The number of aliphatic imine (C=N–C) groups is 1. The van der Waals surface area contributed by atoms with Gasteiger partial charge in [-0.2, -0.15) is 0 Å². The maximum atomic E-state index is 12.2. The first-order valence-electron chi connectivity index (χ1n) is 7.31. The minimum Gasteiger partial charge on any atom is -0.862 e. The van der Waals surface area contributed by atoms with Gasteiger partial charge >= 0.3 is 57.4 Å². The van der Waals surface area contributed by atoms with Crippen molar-refractivity contribution in [3.63, 3.8) is 0 Å². The molecular weight excluding hydrogens is 357 g/mol. The minimum absolute atomic E-state index is 0. The van der Waals surface area contributed by atoms with Gasteiger partial charge in [0.2, 0.25) is 0 Å². The summed E-state index contributed by atoms with van der Waals surface area (Å²) in [5, 5.41) is 21.0. The van der Waals surface area contributed by atoms with E-state index in [1.165, 1.54) is 16.7 Å². The second-order valence-electron chi connectivity index (χ2n) is 6.23. The number of carboxylic acid groups (broad SMARTS) is 1. The Balaban J connectivity index is 0.00000208. The van der Waals surface area contributed by atoms with E-state index in [0.29, 0.717) is 0 Å². The maximum absolute atomic E-state index is 12.2. The van der Waals surface area contributed by atoms with Crippen LogP contribution in [-0.2, 0) is 16.0 Å². The van der Waals surface area contributed by atoms with Gasteiger partial charge in [0.15, 0.2) is 6.04 Å². The quantitative estimate of drug-likeness (QED) is 0.207. The van der Waals surface area contributed by atoms with E-state index >= 15 is 0 Å². The molecule has 2 fully saturated rings. The molecule has 1 amide bonds. The van der Waals surface area contributed by atoms with E-state index in [-0.39, 0.29) is 75.0 Å². The van der Waals surface area contributed by atoms with Gasteiger partial charge in [0.05, 0.1) is 0 Å². The van der Waals surface area contributed by atoms with Gasteiger partial charge in [0.1, 0.15) is 11.4 Å². The molecule has 1 aromatic carbocycles. The SMILES string of the molecule is CC1(C)SC2C(N=[13C]([O-])[13CH2]c3ccccc3)C(=O)N2C1C(=O)O.[K+]. The monoisotopic (exact) mass is 374 g/mol. The van der Waals surface area contributed by atoms with Crippen molar-refractivity contribution < 1.29 is 71.2 Å². The molecule has 122 valence electrons. The third kappa shape index (κ3) is 3.59. The molecule has 0 aromatic heterocycles. The number of carbonyl (C=O) groups is 2. The van der Waals surface area contributed by atoms with Crippen LogP contribution in [0, 0.1) is 0 Å². The number of benzene rings is 1. The molecule has 8 heteroatoms. The summed E-state index contributed by atoms with van der Waals surface area (Å²) < 4.78 is -0.598. The number of carboxylic acids is 1. The van der Waals surface area contributed by atoms with Crippen molar-refractivity contribution in [2.45, 2.75) is 42.5 Å². The molecule has 0 aliphatic carbocycles. The van der Waals surface area contributed by atoms with Crippen molar-refractivity contribution in [2.24, 2.45) is 4.99 Å². The molecule has 0 radical (unpaired) electrons. The van der Waals surface area contributed by atoms with E-state index in [1.54, 1.807) is 13.8 Å². The van der Waals surface area contributed by atoms with Gasteiger partial charge in [-0.05, 0) is 25.3 Å². The fourth-order valence-corrected chi connectivity index (χ4v) is 4.69. The van der Waals surface area contributed by atoms with Crippen molar-refractivity contribution in [3.8, 4) is 0 Å². The standard InChI is InChI=1S/C16H18N2O4S.K/c1-16(2)12(15(21)22)18-13(20)11(14(18)23-16)17-10(19)8-9-6-4-3-5-7-9;/h3-7,11-12,14H,8H2,1-2H3,(H,17,19)(H,21,22);/q;+1/p-1/i8+1,10+1;. The molecule has 3 unspecified atom stereocenters. The van der Waals surface area contributed by atoms with Crippen LogP contribution in [0.15, 0.2) is 35.3 Å². The number of thioether (sulfide) groups is 1. The molecule has 0 saturated carbocycles. The summed E-state index contributed by atoms with van der Waals surface area (Å²) in [5.74, 6) is -1.75. The zero-order valence-electron chi connectivity index (χ0n) is 13.8. The Morgan fingerprint density at radius 3 is 2.58 bits per heavy atom. The van der Waals surface area contributed by atoms with Crippen LogP contribution >= 0.6 is 11.8 Å². The number of amides is 1. The summed E-state index contributed by atoms with van der Waals surface area (Å²) in [6.07, 6.45) is 0.147. The summed E-state index contributed by atoms with van der Waals surface area (Å²) in [6, 6.07) is 7.56. The van der Waals surface area contributed by atoms with Gasteiger partial charge in [-0.15, -0.1) is 11.8 Å². The molecule has 24 heavy (non-hydrogen) atoms. The van der Waals surface area contributed by atoms with Gasteiger partial charge in [-0.1, -0.05) is 30.3 Å². The third-order valence-electron chi connectivity index (χ3n) is 4.13. The van der Waals surface area contributed by atoms with Crippen LogP contribution < -0.4 is 56.5 Å². The van der Waals surface area contributed by atoms with Crippen molar-refractivity contribution in [3.05, 3.63) is 35.9 Å². The van der Waals surface area contributed by atoms with E-state index in [1.807, 2.05) is 30.3 Å². The fraction of sp³-hybridized carbons (Fsp3) is 0.438. The Morgan fingerprint density at radius 1 is 1.38 bits per heavy atom. The summed E-state index contributed by atoms with van der Waals surface area (Å²) in [6.45, 7) is 3.59. The topological polar surface area (TPSA) is 93.0 Å². The van der Waals surface area contributed by atoms with Gasteiger partial charge < -0.3 is 15.1 Å². The summed E-state index contributed by atoms with van der Waals surface area (Å²) in [5.41, 5.74) is 0.840. The normalized spacial score (nSPS) is 27.9. The third-order valence-corrected chi connectivity index (χ3v) is 5.69. The molecule has 2 heterocycles. The first-order chi connectivity index (χ1) is 10.8. The van der Waals surface area contributed by atoms with E-state index in [9.17, 15) is 19.8 Å². The summed E-state index contributed by atoms with van der Waals surface area (Å²) in [7, 11) is 0. The number of nitrogens with zero attached hydrogens (tertiary/aromatic N) is 2. The first kappa shape index (κ1) is 19.9. The van der Waals surface area contributed by atoms with Crippen molar-refractivity contribution >= 4 is 29.5 Å². The Hall–Kier alpha value is -0.384.